The third-order valence-electron chi connectivity index (χ3n) is 3.16. The first-order valence-electron chi connectivity index (χ1n) is 6.41. The van der Waals surface area contributed by atoms with E-state index in [9.17, 15) is 14.0 Å². The van der Waals surface area contributed by atoms with Gasteiger partial charge in [-0.1, -0.05) is 0 Å². The zero-order chi connectivity index (χ0) is 15.3. The highest BCUT2D eigenvalue weighted by Crippen LogP contribution is 2.29. The molecule has 1 aliphatic heterocycles. The van der Waals surface area contributed by atoms with E-state index in [1.807, 2.05) is 0 Å². The number of thioether (sulfide) groups is 2. The highest BCUT2D eigenvalue weighted by molar-refractivity contribution is 8.00. The third-order valence-corrected chi connectivity index (χ3v) is 5.36. The Bertz CT molecular complexity index is 515. The van der Waals surface area contributed by atoms with Crippen molar-refractivity contribution in [3.63, 3.8) is 0 Å². The monoisotopic (exact) mass is 329 g/mol. The lowest BCUT2D eigenvalue weighted by Gasteiger charge is -2.26. The van der Waals surface area contributed by atoms with Crippen LogP contribution in [0.1, 0.15) is 6.42 Å². The lowest BCUT2D eigenvalue weighted by atomic mass is 9.99. The van der Waals surface area contributed by atoms with Crippen molar-refractivity contribution in [1.82, 2.24) is 5.32 Å². The van der Waals surface area contributed by atoms with Gasteiger partial charge < -0.3 is 10.1 Å². The van der Waals surface area contributed by atoms with E-state index in [1.54, 1.807) is 23.9 Å². The molecule has 1 saturated heterocycles. The number of amides is 1. The predicted octanol–water partition coefficient (Wildman–Crippen LogP) is 2.08. The summed E-state index contributed by atoms with van der Waals surface area (Å²) in [5.41, 5.74) is -0.903. The molecule has 1 fully saturated rings. The molecule has 2 rings (SSSR count). The number of rotatable bonds is 5. The summed E-state index contributed by atoms with van der Waals surface area (Å²) in [5, 5.41) is 2.80. The fourth-order valence-electron chi connectivity index (χ4n) is 2.05. The van der Waals surface area contributed by atoms with Gasteiger partial charge in [0.2, 0.25) is 5.91 Å². The molecule has 1 atom stereocenters. The van der Waals surface area contributed by atoms with E-state index < -0.39 is 11.5 Å². The summed E-state index contributed by atoms with van der Waals surface area (Å²) in [6.45, 7) is 0. The number of benzene rings is 1. The van der Waals surface area contributed by atoms with Crippen LogP contribution in [0.15, 0.2) is 29.2 Å². The first kappa shape index (κ1) is 16.2. The van der Waals surface area contributed by atoms with Crippen LogP contribution in [0, 0.1) is 5.82 Å². The van der Waals surface area contributed by atoms with Crippen LogP contribution in [0.2, 0.25) is 0 Å². The van der Waals surface area contributed by atoms with Crippen LogP contribution in [0.4, 0.5) is 4.39 Å². The molecule has 0 spiro atoms. The number of halogens is 1. The topological polar surface area (TPSA) is 55.4 Å². The van der Waals surface area contributed by atoms with E-state index in [-0.39, 0.29) is 17.5 Å². The quantitative estimate of drug-likeness (QED) is 0.662. The number of carbonyl (C=O) groups excluding carboxylic acids is 2. The molecule has 1 N–H and O–H groups in total. The van der Waals surface area contributed by atoms with Crippen LogP contribution < -0.4 is 5.32 Å². The molecule has 0 bridgehead atoms. The lowest BCUT2D eigenvalue weighted by molar-refractivity contribution is -0.149. The van der Waals surface area contributed by atoms with E-state index >= 15 is 0 Å². The minimum atomic E-state index is -0.903. The number of hydrogen-bond donors (Lipinski definition) is 1. The number of hydrogen-bond acceptors (Lipinski definition) is 5. The molecule has 1 aromatic rings. The first-order valence-corrected chi connectivity index (χ1v) is 8.55. The average molecular weight is 329 g/mol. The molecule has 21 heavy (non-hydrogen) atoms. The van der Waals surface area contributed by atoms with Gasteiger partial charge in [-0.05, 0) is 36.4 Å². The average Bonchev–Trinajstić information content (AvgIpc) is 2.95. The maximum absolute atomic E-state index is 12.8. The van der Waals surface area contributed by atoms with Crippen LogP contribution in [0.25, 0.3) is 0 Å². The maximum atomic E-state index is 12.8. The molecule has 0 aromatic heterocycles. The first-order chi connectivity index (χ1) is 10.1. The fourth-order valence-corrected chi connectivity index (χ4v) is 4.07. The Hall–Kier alpha value is -1.21. The van der Waals surface area contributed by atoms with E-state index in [0.29, 0.717) is 12.2 Å². The largest absolute Gasteiger partial charge is 0.467 e. The van der Waals surface area contributed by atoms with Crippen molar-refractivity contribution < 1.29 is 18.7 Å². The van der Waals surface area contributed by atoms with Gasteiger partial charge in [-0.3, -0.25) is 4.79 Å². The van der Waals surface area contributed by atoms with Crippen molar-refractivity contribution in [2.24, 2.45) is 0 Å². The number of esters is 1. The summed E-state index contributed by atoms with van der Waals surface area (Å²) < 4.78 is 17.6. The maximum Gasteiger partial charge on any atom is 0.332 e. The van der Waals surface area contributed by atoms with E-state index in [4.69, 9.17) is 4.74 Å². The molecule has 1 unspecified atom stereocenters. The van der Waals surface area contributed by atoms with Crippen molar-refractivity contribution >= 4 is 35.4 Å². The Morgan fingerprint density at radius 1 is 1.43 bits per heavy atom. The normalized spacial score (nSPS) is 21.0. The molecule has 1 heterocycles. The van der Waals surface area contributed by atoms with Gasteiger partial charge in [-0.25, -0.2) is 9.18 Å². The second-order valence-corrected chi connectivity index (χ2v) is 6.82. The van der Waals surface area contributed by atoms with Gasteiger partial charge in [-0.2, -0.15) is 11.8 Å². The molecule has 0 radical (unpaired) electrons. The second-order valence-electron chi connectivity index (χ2n) is 4.67. The van der Waals surface area contributed by atoms with Crippen molar-refractivity contribution in [2.45, 2.75) is 16.9 Å². The second kappa shape index (κ2) is 7.17. The highest BCUT2D eigenvalue weighted by atomic mass is 32.2. The van der Waals surface area contributed by atoms with Gasteiger partial charge in [0.25, 0.3) is 0 Å². The predicted molar refractivity (Wildman–Crippen MR) is 82.0 cm³/mol. The van der Waals surface area contributed by atoms with Gasteiger partial charge >= 0.3 is 5.97 Å². The summed E-state index contributed by atoms with van der Waals surface area (Å²) >= 11 is 2.92. The van der Waals surface area contributed by atoms with E-state index in [0.717, 1.165) is 10.6 Å². The molecule has 0 aliphatic carbocycles. The molecule has 4 nitrogen and oxygen atoms in total. The smallest absolute Gasteiger partial charge is 0.332 e. The molecule has 7 heteroatoms. The van der Waals surface area contributed by atoms with Gasteiger partial charge in [0.05, 0.1) is 12.9 Å². The minimum Gasteiger partial charge on any atom is -0.467 e. The zero-order valence-corrected chi connectivity index (χ0v) is 13.2. The SMILES string of the molecule is COC(=O)C1(NC(=O)CSc2ccc(F)cc2)CCSC1. The highest BCUT2D eigenvalue weighted by Gasteiger charge is 2.44. The van der Waals surface area contributed by atoms with Crippen LogP contribution >= 0.6 is 23.5 Å². The summed E-state index contributed by atoms with van der Waals surface area (Å²) in [5.74, 6) is 0.601. The molecule has 1 aliphatic rings. The number of nitrogens with one attached hydrogen (secondary N) is 1. The molecule has 1 amide bonds. The zero-order valence-electron chi connectivity index (χ0n) is 11.6. The minimum absolute atomic E-state index is 0.176. The third kappa shape index (κ3) is 4.14. The Morgan fingerprint density at radius 3 is 2.71 bits per heavy atom. The van der Waals surface area contributed by atoms with Gasteiger partial charge in [0.1, 0.15) is 11.4 Å². The molecular formula is C14H16FNO3S2. The number of methoxy groups -OCH3 is 1. The Labute approximate surface area is 131 Å². The molecule has 0 saturated carbocycles. The summed E-state index contributed by atoms with van der Waals surface area (Å²) in [6, 6.07) is 5.94. The Balaban J connectivity index is 1.91. The molecular weight excluding hydrogens is 313 g/mol. The van der Waals surface area contributed by atoms with Crippen molar-refractivity contribution in [2.75, 3.05) is 24.4 Å². The summed E-state index contributed by atoms with van der Waals surface area (Å²) in [6.07, 6.45) is 0.581. The van der Waals surface area contributed by atoms with Crippen LogP contribution in [-0.2, 0) is 14.3 Å². The van der Waals surface area contributed by atoms with Crippen LogP contribution in [0.3, 0.4) is 0 Å². The van der Waals surface area contributed by atoms with E-state index in [1.165, 1.54) is 31.0 Å². The lowest BCUT2D eigenvalue weighted by Crippen LogP contribution is -2.55. The summed E-state index contributed by atoms with van der Waals surface area (Å²) in [4.78, 5) is 24.7. The van der Waals surface area contributed by atoms with Crippen LogP contribution in [0.5, 0.6) is 0 Å². The van der Waals surface area contributed by atoms with Gasteiger partial charge in [-0.15, -0.1) is 11.8 Å². The number of ether oxygens (including phenoxy) is 1. The van der Waals surface area contributed by atoms with Crippen molar-refractivity contribution in [1.29, 1.82) is 0 Å². The van der Waals surface area contributed by atoms with Gasteiger partial charge in [0, 0.05) is 10.6 Å². The van der Waals surface area contributed by atoms with Crippen LogP contribution in [-0.4, -0.2) is 41.8 Å². The Morgan fingerprint density at radius 2 is 2.14 bits per heavy atom. The van der Waals surface area contributed by atoms with E-state index in [2.05, 4.69) is 5.32 Å². The fraction of sp³-hybridized carbons (Fsp3) is 0.429. The summed E-state index contributed by atoms with van der Waals surface area (Å²) in [7, 11) is 1.33. The van der Waals surface area contributed by atoms with Gasteiger partial charge in [0.15, 0.2) is 0 Å². The number of carbonyl (C=O) groups is 2. The molecule has 114 valence electrons. The molecule has 1 aromatic carbocycles. The standard InChI is InChI=1S/C14H16FNO3S2/c1-19-13(18)14(6-7-20-9-14)16-12(17)8-21-11-4-2-10(15)3-5-11/h2-5H,6-9H2,1H3,(H,16,17). The van der Waals surface area contributed by atoms with Crippen molar-refractivity contribution in [3.8, 4) is 0 Å². The van der Waals surface area contributed by atoms with Crippen molar-refractivity contribution in [3.05, 3.63) is 30.1 Å². The Kier molecular flexibility index (Phi) is 5.52.